The van der Waals surface area contributed by atoms with Gasteiger partial charge in [-0.15, -0.1) is 0 Å². The van der Waals surface area contributed by atoms with Gasteiger partial charge >= 0.3 is 155 Å². The van der Waals surface area contributed by atoms with Crippen LogP contribution in [0.15, 0.2) is 20.6 Å². The van der Waals surface area contributed by atoms with Crippen molar-refractivity contribution in [2.24, 2.45) is 11.8 Å². The molecule has 0 bridgehead atoms. The molecule has 0 aliphatic heterocycles. The third-order valence-corrected chi connectivity index (χ3v) is 7.27. The minimum Gasteiger partial charge on any atom is -1.00 e. The Kier molecular flexibility index (Phi) is 11.0. The Hall–Kier alpha value is 0.734. The maximum atomic E-state index is 2.48. The molecule has 0 heterocycles. The number of nitrogens with zero attached hydrogens (tertiary/aromatic N) is 1. The number of allylic oxidation sites excluding steroid dienone is 3. The average molecular weight is 419 g/mol. The monoisotopic (exact) mass is 418 g/mol. The molecule has 1 nitrogen and oxygen atoms in total. The maximum Gasteiger partial charge on any atom is -1.00 e. The van der Waals surface area contributed by atoms with Gasteiger partial charge in [-0.05, 0) is 0 Å². The summed E-state index contributed by atoms with van der Waals surface area (Å²) in [6.07, 6.45) is 17.3. The van der Waals surface area contributed by atoms with E-state index < -0.39 is 0 Å². The summed E-state index contributed by atoms with van der Waals surface area (Å²) in [7, 11) is 4.44. The van der Waals surface area contributed by atoms with Gasteiger partial charge < -0.3 is 24.8 Å². The summed E-state index contributed by atoms with van der Waals surface area (Å²) in [6, 6.07) is 0. The molecule has 0 unspecified atom stereocenters. The number of hydrogen-bond acceptors (Lipinski definition) is 1. The first-order valence-electron chi connectivity index (χ1n) is 9.98. The van der Waals surface area contributed by atoms with E-state index >= 15 is 0 Å². The molecule has 3 rings (SSSR count). The zero-order chi connectivity index (χ0) is 16.2. The number of halogens is 2. The maximum absolute atomic E-state index is 2.48. The topological polar surface area (TPSA) is 3.24 Å². The van der Waals surface area contributed by atoms with E-state index in [1.807, 2.05) is 16.7 Å². The summed E-state index contributed by atoms with van der Waals surface area (Å²) in [6.45, 7) is 1.22. The van der Waals surface area contributed by atoms with Crippen LogP contribution < -0.4 is 24.8 Å². The van der Waals surface area contributed by atoms with Crippen molar-refractivity contribution in [3.05, 3.63) is 20.6 Å². The van der Waals surface area contributed by atoms with E-state index in [4.69, 9.17) is 0 Å². The summed E-state index contributed by atoms with van der Waals surface area (Å²) >= 11 is 2.48. The third kappa shape index (κ3) is 6.11. The smallest absolute Gasteiger partial charge is 1.00 e. The van der Waals surface area contributed by atoms with Crippen LogP contribution in [0.3, 0.4) is 0 Å². The minimum absolute atomic E-state index is 0. The Labute approximate surface area is 179 Å². The zero-order valence-corrected chi connectivity index (χ0v) is 19.1. The predicted molar refractivity (Wildman–Crippen MR) is 95.0 cm³/mol. The van der Waals surface area contributed by atoms with E-state index in [-0.39, 0.29) is 24.8 Å². The van der Waals surface area contributed by atoms with E-state index in [1.165, 1.54) is 83.6 Å². The normalized spacial score (nSPS) is 23.1. The molecular weight excluding hydrogens is 385 g/mol. The second kappa shape index (κ2) is 11.5. The van der Waals surface area contributed by atoms with E-state index in [0.29, 0.717) is 0 Å². The summed E-state index contributed by atoms with van der Waals surface area (Å²) in [5.41, 5.74) is 5.52. The number of rotatable bonds is 5. The first-order valence-corrected chi connectivity index (χ1v) is 10.8. The van der Waals surface area contributed by atoms with Gasteiger partial charge in [-0.25, -0.2) is 0 Å². The average Bonchev–Trinajstić information content (AvgIpc) is 2.91. The fourth-order valence-corrected chi connectivity index (χ4v) is 6.08. The minimum atomic E-state index is 0. The molecule has 2 saturated carbocycles. The molecule has 0 aromatic rings. The quantitative estimate of drug-likeness (QED) is 0.549. The van der Waals surface area contributed by atoms with Gasteiger partial charge in [0.1, 0.15) is 0 Å². The molecule has 0 radical (unpaired) electrons. The van der Waals surface area contributed by atoms with Gasteiger partial charge in [0.15, 0.2) is 0 Å². The molecule has 0 spiro atoms. The molecule has 3 aliphatic rings. The van der Waals surface area contributed by atoms with Crippen LogP contribution in [0.5, 0.6) is 0 Å². The first kappa shape index (κ1) is 23.8. The fourth-order valence-electron chi connectivity index (χ4n) is 5.03. The standard InChI is InChI=1S/C21H34N.2ClH.Ti/c1-22(2)14-13-19-15-20(17-9-5-3-6-10-17)16-21(19)18-11-7-4-8-12-18;;;/h17-18H,3-15H2,1-2H3;2*1H;/q;;;+2/p-2. The largest absolute Gasteiger partial charge is 1.00 e. The van der Waals surface area contributed by atoms with Crippen molar-refractivity contribution >= 4 is 0 Å². The van der Waals surface area contributed by atoms with Gasteiger partial charge in [0.2, 0.25) is 0 Å². The third-order valence-electron chi connectivity index (χ3n) is 6.35. The molecule has 0 saturated heterocycles. The van der Waals surface area contributed by atoms with Crippen LogP contribution in [0.2, 0.25) is 0 Å². The van der Waals surface area contributed by atoms with Crippen LogP contribution in [0.1, 0.15) is 77.0 Å². The summed E-state index contributed by atoms with van der Waals surface area (Å²) in [4.78, 5) is 2.36. The molecule has 0 atom stereocenters. The van der Waals surface area contributed by atoms with Crippen LogP contribution in [0.4, 0.5) is 0 Å². The zero-order valence-electron chi connectivity index (χ0n) is 16.1. The molecule has 4 heteroatoms. The van der Waals surface area contributed by atoms with Gasteiger partial charge in [-0.1, -0.05) is 0 Å². The molecule has 2 fully saturated rings. The van der Waals surface area contributed by atoms with Crippen molar-refractivity contribution < 1.29 is 45.2 Å². The van der Waals surface area contributed by atoms with Crippen molar-refractivity contribution in [3.63, 3.8) is 0 Å². The van der Waals surface area contributed by atoms with Crippen LogP contribution in [0.25, 0.3) is 0 Å². The van der Waals surface area contributed by atoms with Crippen molar-refractivity contribution in [2.75, 3.05) is 20.6 Å². The molecule has 141 valence electrons. The molecule has 0 amide bonds. The Morgan fingerprint density at radius 1 is 0.840 bits per heavy atom. The van der Waals surface area contributed by atoms with Gasteiger partial charge in [0, 0.05) is 0 Å². The number of hydrogen-bond donors (Lipinski definition) is 0. The van der Waals surface area contributed by atoms with E-state index in [1.54, 1.807) is 3.88 Å². The second-order valence-corrected chi connectivity index (χ2v) is 9.10. The van der Waals surface area contributed by atoms with Crippen LogP contribution in [0, 0.1) is 11.8 Å². The fraction of sp³-hybridized carbons (Fsp3) is 0.810. The Morgan fingerprint density at radius 3 is 1.88 bits per heavy atom. The van der Waals surface area contributed by atoms with E-state index in [2.05, 4.69) is 39.4 Å². The predicted octanol–water partition coefficient (Wildman–Crippen LogP) is -0.392. The van der Waals surface area contributed by atoms with E-state index in [9.17, 15) is 0 Å². The van der Waals surface area contributed by atoms with Crippen molar-refractivity contribution in [2.45, 2.75) is 77.0 Å². The van der Waals surface area contributed by atoms with Crippen molar-refractivity contribution in [1.82, 2.24) is 4.90 Å². The van der Waals surface area contributed by atoms with Gasteiger partial charge in [0.25, 0.3) is 0 Å². The molecule has 0 N–H and O–H groups in total. The molecule has 25 heavy (non-hydrogen) atoms. The van der Waals surface area contributed by atoms with E-state index in [0.717, 1.165) is 11.8 Å². The van der Waals surface area contributed by atoms with Gasteiger partial charge in [0.05, 0.1) is 0 Å². The molecular formula is C21H34Cl2NTi. The first-order chi connectivity index (χ1) is 11.2. The van der Waals surface area contributed by atoms with Crippen LogP contribution in [-0.4, -0.2) is 25.5 Å². The molecule has 0 aromatic carbocycles. The summed E-state index contributed by atoms with van der Waals surface area (Å²) in [5.74, 6) is 1.81. The summed E-state index contributed by atoms with van der Waals surface area (Å²) in [5, 5.41) is 0. The Morgan fingerprint density at radius 2 is 1.36 bits per heavy atom. The van der Waals surface area contributed by atoms with Crippen molar-refractivity contribution in [3.8, 4) is 0 Å². The second-order valence-electron chi connectivity index (χ2n) is 8.32. The molecule has 0 aromatic heterocycles. The van der Waals surface area contributed by atoms with Crippen LogP contribution in [-0.2, 0) is 20.4 Å². The SMILES string of the molecule is CN(C)CCC1=C(C2CCCCC2)[C]([Ti+2])=C(C2CCCCC2)C1.[Cl-].[Cl-]. The van der Waals surface area contributed by atoms with Crippen molar-refractivity contribution in [1.29, 1.82) is 0 Å². The Balaban J connectivity index is 0.00000156. The Bertz CT molecular complexity index is 472. The summed E-state index contributed by atoms with van der Waals surface area (Å²) < 4.78 is 1.75. The van der Waals surface area contributed by atoms with Gasteiger partial charge in [-0.3, -0.25) is 0 Å². The van der Waals surface area contributed by atoms with Gasteiger partial charge in [-0.2, -0.15) is 0 Å². The van der Waals surface area contributed by atoms with Crippen LogP contribution >= 0.6 is 0 Å². The molecule has 3 aliphatic carbocycles.